The molecule has 0 amide bonds. The highest BCUT2D eigenvalue weighted by atomic mass is 19.1. The van der Waals surface area contributed by atoms with Gasteiger partial charge in [0.25, 0.3) is 0 Å². The number of fused-ring (bicyclic) bond motifs is 1. The van der Waals surface area contributed by atoms with Crippen LogP contribution in [0.5, 0.6) is 0 Å². The highest BCUT2D eigenvalue weighted by Crippen LogP contribution is 2.19. The summed E-state index contributed by atoms with van der Waals surface area (Å²) in [7, 11) is 0. The van der Waals surface area contributed by atoms with Gasteiger partial charge in [-0.2, -0.15) is 0 Å². The van der Waals surface area contributed by atoms with Crippen molar-refractivity contribution in [3.8, 4) is 0 Å². The van der Waals surface area contributed by atoms with Crippen LogP contribution >= 0.6 is 0 Å². The second-order valence-electron chi connectivity index (χ2n) is 2.61. The van der Waals surface area contributed by atoms with Gasteiger partial charge in [-0.1, -0.05) is 0 Å². The smallest absolute Gasteiger partial charge is 0.136 e. The summed E-state index contributed by atoms with van der Waals surface area (Å²) in [5.74, 6) is -0.306. The first-order valence-electron chi connectivity index (χ1n) is 3.67. The second kappa shape index (κ2) is 2.60. The summed E-state index contributed by atoms with van der Waals surface area (Å²) >= 11 is 0. The van der Waals surface area contributed by atoms with E-state index in [1.54, 1.807) is 12.1 Å². The average molecular weight is 165 g/mol. The van der Waals surface area contributed by atoms with E-state index in [0.29, 0.717) is 11.1 Å². The van der Waals surface area contributed by atoms with Gasteiger partial charge in [0, 0.05) is 23.6 Å². The molecule has 0 aliphatic carbocycles. The maximum Gasteiger partial charge on any atom is 0.136 e. The predicted octanol–water partition coefficient (Wildman–Crippen LogP) is 2.03. The lowest BCUT2D eigenvalue weighted by Gasteiger charge is -1.97. The number of furan rings is 1. The number of benzene rings is 1. The summed E-state index contributed by atoms with van der Waals surface area (Å²) in [4.78, 5) is 0. The largest absolute Gasteiger partial charge is 0.464 e. The molecule has 2 N–H and O–H groups in total. The summed E-state index contributed by atoms with van der Waals surface area (Å²) < 4.78 is 18.1. The van der Waals surface area contributed by atoms with Gasteiger partial charge in [0.2, 0.25) is 0 Å². The highest BCUT2D eigenvalue weighted by Gasteiger charge is 2.04. The molecular weight excluding hydrogens is 157 g/mol. The van der Waals surface area contributed by atoms with Crippen LogP contribution in [0.3, 0.4) is 0 Å². The third kappa shape index (κ3) is 0.987. The van der Waals surface area contributed by atoms with Gasteiger partial charge in [-0.25, -0.2) is 4.39 Å². The summed E-state index contributed by atoms with van der Waals surface area (Å²) in [5, 5.41) is 0.886. The fraction of sp³-hybridized carbons (Fsp3) is 0.111. The molecule has 0 saturated heterocycles. The minimum Gasteiger partial charge on any atom is -0.464 e. The van der Waals surface area contributed by atoms with E-state index in [9.17, 15) is 4.39 Å². The molecule has 0 fully saturated rings. The number of rotatable bonds is 1. The van der Waals surface area contributed by atoms with Crippen molar-refractivity contribution in [3.05, 3.63) is 35.8 Å². The Kier molecular flexibility index (Phi) is 1.59. The summed E-state index contributed by atoms with van der Waals surface area (Å²) in [6, 6.07) is 4.85. The molecule has 2 aromatic rings. The van der Waals surface area contributed by atoms with Crippen molar-refractivity contribution >= 4 is 11.0 Å². The van der Waals surface area contributed by atoms with Gasteiger partial charge in [0.15, 0.2) is 0 Å². The van der Waals surface area contributed by atoms with Crippen molar-refractivity contribution in [1.82, 2.24) is 0 Å². The molecular formula is C9H8FNO. The Balaban J connectivity index is 2.73. The van der Waals surface area contributed by atoms with E-state index in [2.05, 4.69) is 0 Å². The lowest BCUT2D eigenvalue weighted by atomic mass is 10.1. The number of hydrogen-bond donors (Lipinski definition) is 1. The number of nitrogens with two attached hydrogens (primary N) is 1. The quantitative estimate of drug-likeness (QED) is 0.702. The zero-order chi connectivity index (χ0) is 8.55. The van der Waals surface area contributed by atoms with Crippen molar-refractivity contribution in [2.75, 3.05) is 0 Å². The van der Waals surface area contributed by atoms with Gasteiger partial charge < -0.3 is 10.2 Å². The fourth-order valence-electron chi connectivity index (χ4n) is 1.19. The van der Waals surface area contributed by atoms with Crippen molar-refractivity contribution < 1.29 is 8.81 Å². The Morgan fingerprint density at radius 1 is 1.42 bits per heavy atom. The molecule has 1 aromatic heterocycles. The monoisotopic (exact) mass is 165 g/mol. The SMILES string of the molecule is NCc1cc2ccoc2cc1F. The molecule has 0 spiro atoms. The van der Waals surface area contributed by atoms with Gasteiger partial charge >= 0.3 is 0 Å². The Labute approximate surface area is 68.8 Å². The lowest BCUT2D eigenvalue weighted by molar-refractivity contribution is 0.591. The second-order valence-corrected chi connectivity index (χ2v) is 2.61. The zero-order valence-electron chi connectivity index (χ0n) is 6.38. The van der Waals surface area contributed by atoms with Crippen molar-refractivity contribution in [3.63, 3.8) is 0 Å². The van der Waals surface area contributed by atoms with Crippen LogP contribution in [0.2, 0.25) is 0 Å². The first kappa shape index (κ1) is 7.31. The topological polar surface area (TPSA) is 39.2 Å². The maximum absolute atomic E-state index is 13.1. The fourth-order valence-corrected chi connectivity index (χ4v) is 1.19. The van der Waals surface area contributed by atoms with Crippen LogP contribution in [-0.4, -0.2) is 0 Å². The van der Waals surface area contributed by atoms with Crippen LogP contribution in [0, 0.1) is 5.82 Å². The Morgan fingerprint density at radius 3 is 3.00 bits per heavy atom. The lowest BCUT2D eigenvalue weighted by Crippen LogP contribution is -1.98. The van der Waals surface area contributed by atoms with Crippen LogP contribution in [0.1, 0.15) is 5.56 Å². The Morgan fingerprint density at radius 2 is 2.25 bits per heavy atom. The molecule has 3 heteroatoms. The molecule has 0 unspecified atom stereocenters. The van der Waals surface area contributed by atoms with Crippen molar-refractivity contribution in [2.24, 2.45) is 5.73 Å². The van der Waals surface area contributed by atoms with E-state index in [1.165, 1.54) is 12.3 Å². The normalized spacial score (nSPS) is 10.8. The summed E-state index contributed by atoms with van der Waals surface area (Å²) in [6.07, 6.45) is 1.53. The maximum atomic E-state index is 13.1. The molecule has 0 aliphatic rings. The third-order valence-electron chi connectivity index (χ3n) is 1.84. The predicted molar refractivity (Wildman–Crippen MR) is 44.1 cm³/mol. The molecule has 0 bridgehead atoms. The van der Waals surface area contributed by atoms with E-state index in [-0.39, 0.29) is 12.4 Å². The van der Waals surface area contributed by atoms with Gasteiger partial charge in [-0.3, -0.25) is 0 Å². The van der Waals surface area contributed by atoms with Crippen LogP contribution in [0.4, 0.5) is 4.39 Å². The average Bonchev–Trinajstić information content (AvgIpc) is 2.49. The van der Waals surface area contributed by atoms with Crippen LogP contribution in [0.25, 0.3) is 11.0 Å². The molecule has 62 valence electrons. The minimum absolute atomic E-state index is 0.215. The van der Waals surface area contributed by atoms with Crippen molar-refractivity contribution in [1.29, 1.82) is 0 Å². The molecule has 0 atom stereocenters. The van der Waals surface area contributed by atoms with Crippen LogP contribution in [-0.2, 0) is 6.54 Å². The van der Waals surface area contributed by atoms with Gasteiger partial charge in [0.05, 0.1) is 6.26 Å². The van der Waals surface area contributed by atoms with Gasteiger partial charge in [-0.15, -0.1) is 0 Å². The first-order chi connectivity index (χ1) is 5.81. The summed E-state index contributed by atoms with van der Waals surface area (Å²) in [6.45, 7) is 0.215. The standard InChI is InChI=1S/C9H8FNO/c10-8-4-9-6(1-2-12-9)3-7(8)5-11/h1-4H,5,11H2. The molecule has 0 radical (unpaired) electrons. The van der Waals surface area contributed by atoms with E-state index in [4.69, 9.17) is 10.2 Å². The number of hydrogen-bond acceptors (Lipinski definition) is 2. The van der Waals surface area contributed by atoms with Gasteiger partial charge in [-0.05, 0) is 12.1 Å². The molecule has 0 saturated carbocycles. The highest BCUT2D eigenvalue weighted by molar-refractivity contribution is 5.77. The van der Waals surface area contributed by atoms with E-state index in [1.807, 2.05) is 0 Å². The van der Waals surface area contributed by atoms with Crippen LogP contribution in [0.15, 0.2) is 28.9 Å². The van der Waals surface area contributed by atoms with Crippen molar-refractivity contribution in [2.45, 2.75) is 6.54 Å². The van der Waals surface area contributed by atoms with E-state index < -0.39 is 0 Å². The molecule has 2 nitrogen and oxygen atoms in total. The Bertz CT molecular complexity index is 408. The number of halogens is 1. The van der Waals surface area contributed by atoms with Gasteiger partial charge in [0.1, 0.15) is 11.4 Å². The van der Waals surface area contributed by atoms with E-state index in [0.717, 1.165) is 5.39 Å². The third-order valence-corrected chi connectivity index (χ3v) is 1.84. The molecule has 0 aliphatic heterocycles. The van der Waals surface area contributed by atoms with Crippen LogP contribution < -0.4 is 5.73 Å². The molecule has 2 rings (SSSR count). The zero-order valence-corrected chi connectivity index (χ0v) is 6.38. The van der Waals surface area contributed by atoms with E-state index >= 15 is 0 Å². The first-order valence-corrected chi connectivity index (χ1v) is 3.67. The summed E-state index contributed by atoms with van der Waals surface area (Å²) in [5.41, 5.74) is 6.42. The molecule has 1 heterocycles. The molecule has 1 aromatic carbocycles. The minimum atomic E-state index is -0.306. The Hall–Kier alpha value is -1.35. The molecule has 12 heavy (non-hydrogen) atoms.